The molecule has 0 aromatic heterocycles. The van der Waals surface area contributed by atoms with E-state index in [0.717, 1.165) is 5.56 Å². The number of carboxylic acids is 1. The highest BCUT2D eigenvalue weighted by molar-refractivity contribution is 5.77. The van der Waals surface area contributed by atoms with Gasteiger partial charge in [-0.25, -0.2) is 4.39 Å². The summed E-state index contributed by atoms with van der Waals surface area (Å²) in [5.74, 6) is -0.859. The smallest absolute Gasteiger partial charge is 0.305 e. The summed E-state index contributed by atoms with van der Waals surface area (Å²) >= 11 is 0. The van der Waals surface area contributed by atoms with Gasteiger partial charge in [0.05, 0.1) is 6.42 Å². The number of carboxylic acid groups (broad SMARTS) is 1. The summed E-state index contributed by atoms with van der Waals surface area (Å²) < 4.78 is 13.2. The number of hydrogen-bond donors (Lipinski definition) is 1. The van der Waals surface area contributed by atoms with Gasteiger partial charge in [-0.15, -0.1) is 0 Å². The van der Waals surface area contributed by atoms with Crippen LogP contribution in [0.4, 0.5) is 4.39 Å². The lowest BCUT2D eigenvalue weighted by atomic mass is 9.97. The Morgan fingerprint density at radius 1 is 1.26 bits per heavy atom. The zero-order valence-corrected chi connectivity index (χ0v) is 14.1. The topological polar surface area (TPSA) is 57.6 Å². The second kappa shape index (κ2) is 9.28. The largest absolute Gasteiger partial charge is 0.481 e. The maximum Gasteiger partial charge on any atom is 0.305 e. The maximum absolute atomic E-state index is 13.2. The quantitative estimate of drug-likeness (QED) is 0.758. The first-order valence-electron chi connectivity index (χ1n) is 8.02. The summed E-state index contributed by atoms with van der Waals surface area (Å²) in [5.41, 5.74) is 0.867. The van der Waals surface area contributed by atoms with Crippen LogP contribution in [0.15, 0.2) is 24.3 Å². The number of nitrogens with zero attached hydrogens (tertiary/aromatic N) is 1. The van der Waals surface area contributed by atoms with Gasteiger partial charge in [0.1, 0.15) is 5.82 Å². The molecule has 1 rings (SSSR count). The van der Waals surface area contributed by atoms with E-state index in [1.54, 1.807) is 11.0 Å². The fourth-order valence-corrected chi connectivity index (χ4v) is 2.55. The van der Waals surface area contributed by atoms with Crippen LogP contribution in [0.5, 0.6) is 0 Å². The van der Waals surface area contributed by atoms with Crippen LogP contribution in [-0.4, -0.2) is 35.0 Å². The van der Waals surface area contributed by atoms with Gasteiger partial charge in [-0.1, -0.05) is 32.9 Å². The van der Waals surface area contributed by atoms with Gasteiger partial charge in [0.2, 0.25) is 5.91 Å². The predicted molar refractivity (Wildman–Crippen MR) is 87.6 cm³/mol. The molecule has 0 saturated carbocycles. The number of hydrogen-bond acceptors (Lipinski definition) is 2. The highest BCUT2D eigenvalue weighted by atomic mass is 19.1. The predicted octanol–water partition coefficient (Wildman–Crippen LogP) is 3.35. The van der Waals surface area contributed by atoms with Crippen molar-refractivity contribution in [2.24, 2.45) is 11.8 Å². The number of amides is 1. The van der Waals surface area contributed by atoms with E-state index in [0.29, 0.717) is 19.4 Å². The van der Waals surface area contributed by atoms with Crippen LogP contribution in [0.3, 0.4) is 0 Å². The molecular weight excluding hydrogens is 297 g/mol. The lowest BCUT2D eigenvalue weighted by molar-refractivity contribution is -0.138. The van der Waals surface area contributed by atoms with Crippen molar-refractivity contribution in [3.05, 3.63) is 35.6 Å². The Morgan fingerprint density at radius 3 is 2.52 bits per heavy atom. The van der Waals surface area contributed by atoms with Crippen LogP contribution in [0, 0.1) is 17.7 Å². The van der Waals surface area contributed by atoms with E-state index < -0.39 is 5.97 Å². The van der Waals surface area contributed by atoms with Crippen molar-refractivity contribution >= 4 is 11.9 Å². The summed E-state index contributed by atoms with van der Waals surface area (Å²) in [7, 11) is 0. The van der Waals surface area contributed by atoms with Crippen LogP contribution < -0.4 is 0 Å². The zero-order valence-electron chi connectivity index (χ0n) is 14.1. The Labute approximate surface area is 137 Å². The Morgan fingerprint density at radius 2 is 1.96 bits per heavy atom. The van der Waals surface area contributed by atoms with Gasteiger partial charge in [-0.2, -0.15) is 0 Å². The zero-order chi connectivity index (χ0) is 17.4. The summed E-state index contributed by atoms with van der Waals surface area (Å²) in [4.78, 5) is 24.8. The molecule has 0 aliphatic carbocycles. The van der Waals surface area contributed by atoms with Crippen LogP contribution in [0.2, 0.25) is 0 Å². The van der Waals surface area contributed by atoms with E-state index >= 15 is 0 Å². The van der Waals surface area contributed by atoms with Crippen LogP contribution in [0.25, 0.3) is 0 Å². The van der Waals surface area contributed by atoms with Crippen molar-refractivity contribution < 1.29 is 19.1 Å². The highest BCUT2D eigenvalue weighted by Crippen LogP contribution is 2.15. The molecule has 0 bridgehead atoms. The van der Waals surface area contributed by atoms with Crippen molar-refractivity contribution in [2.75, 3.05) is 13.1 Å². The lowest BCUT2D eigenvalue weighted by Crippen LogP contribution is -2.36. The third-order valence-corrected chi connectivity index (χ3v) is 3.53. The van der Waals surface area contributed by atoms with E-state index in [9.17, 15) is 14.0 Å². The molecule has 23 heavy (non-hydrogen) atoms. The fourth-order valence-electron chi connectivity index (χ4n) is 2.55. The summed E-state index contributed by atoms with van der Waals surface area (Å²) in [6, 6.07) is 6.39. The third kappa shape index (κ3) is 7.77. The van der Waals surface area contributed by atoms with Crippen molar-refractivity contribution in [1.82, 2.24) is 4.90 Å². The van der Waals surface area contributed by atoms with E-state index in [4.69, 9.17) is 5.11 Å². The number of aliphatic carboxylic acids is 1. The average Bonchev–Trinajstić information content (AvgIpc) is 2.42. The molecule has 1 aromatic carbocycles. The average molecular weight is 323 g/mol. The molecule has 1 aromatic rings. The van der Waals surface area contributed by atoms with Gasteiger partial charge in [0, 0.05) is 19.5 Å². The minimum atomic E-state index is -0.903. The second-order valence-electron chi connectivity index (χ2n) is 6.52. The Balaban J connectivity index is 2.59. The third-order valence-electron chi connectivity index (χ3n) is 3.53. The maximum atomic E-state index is 13.2. The molecule has 0 aliphatic rings. The normalized spacial score (nSPS) is 12.2. The molecule has 0 aliphatic heterocycles. The summed E-state index contributed by atoms with van der Waals surface area (Å²) in [5, 5.41) is 8.81. The van der Waals surface area contributed by atoms with Gasteiger partial charge >= 0.3 is 5.97 Å². The summed E-state index contributed by atoms with van der Waals surface area (Å²) in [6.07, 6.45) is 0.914. The van der Waals surface area contributed by atoms with Crippen LogP contribution in [-0.2, 0) is 16.0 Å². The lowest BCUT2D eigenvalue weighted by Gasteiger charge is -2.25. The van der Waals surface area contributed by atoms with Gasteiger partial charge < -0.3 is 10.0 Å². The SMILES string of the molecule is CC(C)CN(CCC(=O)O)C(=O)CC(C)Cc1cccc(F)c1. The number of benzene rings is 1. The van der Waals surface area contributed by atoms with Crippen LogP contribution >= 0.6 is 0 Å². The van der Waals surface area contributed by atoms with Gasteiger partial charge in [-0.3, -0.25) is 9.59 Å². The first-order valence-corrected chi connectivity index (χ1v) is 8.02. The van der Waals surface area contributed by atoms with Crippen molar-refractivity contribution in [2.45, 2.75) is 40.0 Å². The standard InChI is InChI=1S/C18H26FNO3/c1-13(2)12-20(8-7-18(22)23)17(21)10-14(3)9-15-5-4-6-16(19)11-15/h4-6,11,13-14H,7-10,12H2,1-3H3,(H,22,23). The first kappa shape index (κ1) is 19.1. The van der Waals surface area contributed by atoms with Gasteiger partial charge in [-0.05, 0) is 36.0 Å². The van der Waals surface area contributed by atoms with E-state index in [1.807, 2.05) is 26.8 Å². The molecule has 0 spiro atoms. The summed E-state index contributed by atoms with van der Waals surface area (Å²) in [6.45, 7) is 6.74. The molecule has 0 fully saturated rings. The van der Waals surface area contributed by atoms with Crippen molar-refractivity contribution in [3.63, 3.8) is 0 Å². The van der Waals surface area contributed by atoms with E-state index in [2.05, 4.69) is 0 Å². The highest BCUT2D eigenvalue weighted by Gasteiger charge is 2.19. The van der Waals surface area contributed by atoms with Gasteiger partial charge in [0.25, 0.3) is 0 Å². The van der Waals surface area contributed by atoms with Gasteiger partial charge in [0.15, 0.2) is 0 Å². The number of rotatable bonds is 9. The van der Waals surface area contributed by atoms with Crippen LogP contribution in [0.1, 0.15) is 39.2 Å². The number of carbonyl (C=O) groups excluding carboxylic acids is 1. The minimum Gasteiger partial charge on any atom is -0.481 e. The molecule has 4 nitrogen and oxygen atoms in total. The number of halogens is 1. The molecule has 0 saturated heterocycles. The Kier molecular flexibility index (Phi) is 7.72. The molecule has 0 radical (unpaired) electrons. The molecule has 1 N–H and O–H groups in total. The molecule has 1 amide bonds. The Bertz CT molecular complexity index is 531. The fraction of sp³-hybridized carbons (Fsp3) is 0.556. The number of carbonyl (C=O) groups is 2. The molecular formula is C18H26FNO3. The van der Waals surface area contributed by atoms with E-state index in [1.165, 1.54) is 12.1 Å². The molecule has 128 valence electrons. The molecule has 5 heteroatoms. The minimum absolute atomic E-state index is 0.0381. The van der Waals surface area contributed by atoms with Crippen molar-refractivity contribution in [3.8, 4) is 0 Å². The Hall–Kier alpha value is -1.91. The molecule has 1 unspecified atom stereocenters. The van der Waals surface area contributed by atoms with E-state index in [-0.39, 0.29) is 36.5 Å². The van der Waals surface area contributed by atoms with Crippen molar-refractivity contribution in [1.29, 1.82) is 0 Å². The first-order chi connectivity index (χ1) is 10.8. The molecule has 0 heterocycles. The second-order valence-corrected chi connectivity index (χ2v) is 6.52. The molecule has 1 atom stereocenters. The monoisotopic (exact) mass is 323 g/mol.